The Kier molecular flexibility index (Phi) is 3.58. The second-order valence-electron chi connectivity index (χ2n) is 4.33. The number of halogens is 1. The SMILES string of the molecule is CN(C)C(c1ccc(Cl)s1)C(C)(C)N. The Morgan fingerprint density at radius 2 is 2.00 bits per heavy atom. The maximum atomic E-state index is 6.14. The average molecular weight is 233 g/mol. The highest BCUT2D eigenvalue weighted by Crippen LogP contribution is 2.34. The molecule has 0 radical (unpaired) electrons. The summed E-state index contributed by atoms with van der Waals surface area (Å²) >= 11 is 7.51. The Balaban J connectivity index is 3.01. The first kappa shape index (κ1) is 12.0. The Hall–Kier alpha value is -0.0900. The highest BCUT2D eigenvalue weighted by Gasteiger charge is 2.29. The standard InChI is InChI=1S/C10H17ClN2S/c1-10(2,12)9(13(3)4)7-5-6-8(11)14-7/h5-6,9H,12H2,1-4H3. The van der Waals surface area contributed by atoms with E-state index in [0.29, 0.717) is 0 Å². The zero-order valence-corrected chi connectivity index (χ0v) is 10.6. The van der Waals surface area contributed by atoms with Crippen LogP contribution >= 0.6 is 22.9 Å². The van der Waals surface area contributed by atoms with Gasteiger partial charge in [0.2, 0.25) is 0 Å². The fraction of sp³-hybridized carbons (Fsp3) is 0.600. The molecule has 0 bridgehead atoms. The van der Waals surface area contributed by atoms with Gasteiger partial charge in [0.05, 0.1) is 10.4 Å². The third kappa shape index (κ3) is 2.70. The summed E-state index contributed by atoms with van der Waals surface area (Å²) in [6.45, 7) is 4.07. The van der Waals surface area contributed by atoms with Gasteiger partial charge in [-0.15, -0.1) is 11.3 Å². The fourth-order valence-corrected chi connectivity index (χ4v) is 3.22. The zero-order valence-electron chi connectivity index (χ0n) is 9.04. The molecule has 4 heteroatoms. The van der Waals surface area contributed by atoms with Crippen LogP contribution in [0.1, 0.15) is 24.8 Å². The van der Waals surface area contributed by atoms with Crippen molar-refractivity contribution in [3.05, 3.63) is 21.3 Å². The van der Waals surface area contributed by atoms with Gasteiger partial charge in [0.1, 0.15) is 0 Å². The molecule has 0 saturated heterocycles. The van der Waals surface area contributed by atoms with E-state index >= 15 is 0 Å². The minimum atomic E-state index is -0.266. The molecule has 1 aromatic heterocycles. The molecule has 1 atom stereocenters. The molecule has 14 heavy (non-hydrogen) atoms. The van der Waals surface area contributed by atoms with E-state index in [-0.39, 0.29) is 11.6 Å². The molecule has 2 nitrogen and oxygen atoms in total. The van der Waals surface area contributed by atoms with Crippen LogP contribution in [0.5, 0.6) is 0 Å². The van der Waals surface area contributed by atoms with Gasteiger partial charge in [-0.25, -0.2) is 0 Å². The molecule has 0 aliphatic carbocycles. The van der Waals surface area contributed by atoms with Gasteiger partial charge >= 0.3 is 0 Å². The molecule has 1 aromatic rings. The Bertz CT molecular complexity index is 301. The predicted molar refractivity (Wildman–Crippen MR) is 64.0 cm³/mol. The van der Waals surface area contributed by atoms with Crippen LogP contribution in [0.2, 0.25) is 4.34 Å². The number of nitrogens with two attached hydrogens (primary N) is 1. The van der Waals surface area contributed by atoms with Crippen molar-refractivity contribution in [1.29, 1.82) is 0 Å². The van der Waals surface area contributed by atoms with Gasteiger partial charge in [-0.3, -0.25) is 0 Å². The van der Waals surface area contributed by atoms with Crippen LogP contribution in [-0.4, -0.2) is 24.5 Å². The topological polar surface area (TPSA) is 29.3 Å². The Morgan fingerprint density at radius 3 is 2.29 bits per heavy atom. The largest absolute Gasteiger partial charge is 0.324 e. The summed E-state index contributed by atoms with van der Waals surface area (Å²) in [7, 11) is 4.07. The van der Waals surface area contributed by atoms with Crippen LogP contribution in [0.4, 0.5) is 0 Å². The summed E-state index contributed by atoms with van der Waals surface area (Å²) in [6.07, 6.45) is 0. The fourth-order valence-electron chi connectivity index (χ4n) is 1.76. The summed E-state index contributed by atoms with van der Waals surface area (Å²) in [4.78, 5) is 3.34. The first-order valence-electron chi connectivity index (χ1n) is 4.53. The van der Waals surface area contributed by atoms with Crippen LogP contribution in [0.25, 0.3) is 0 Å². The van der Waals surface area contributed by atoms with Crippen LogP contribution in [-0.2, 0) is 0 Å². The molecule has 2 N–H and O–H groups in total. The molecule has 0 amide bonds. The number of thiophene rings is 1. The van der Waals surface area contributed by atoms with Crippen LogP contribution < -0.4 is 5.73 Å². The first-order chi connectivity index (χ1) is 6.32. The summed E-state index contributed by atoms with van der Waals surface area (Å²) in [6, 6.07) is 4.18. The van der Waals surface area contributed by atoms with E-state index < -0.39 is 0 Å². The second-order valence-corrected chi connectivity index (χ2v) is 6.08. The minimum absolute atomic E-state index is 0.208. The van der Waals surface area contributed by atoms with Crippen molar-refractivity contribution in [3.8, 4) is 0 Å². The molecule has 1 rings (SSSR count). The third-order valence-corrected chi connectivity index (χ3v) is 3.37. The number of nitrogens with zero attached hydrogens (tertiary/aromatic N) is 1. The summed E-state index contributed by atoms with van der Waals surface area (Å²) in [5, 5.41) is 0. The molecule has 0 aliphatic heterocycles. The van der Waals surface area contributed by atoms with E-state index in [0.717, 1.165) is 4.34 Å². The first-order valence-corrected chi connectivity index (χ1v) is 5.72. The highest BCUT2D eigenvalue weighted by molar-refractivity contribution is 7.16. The van der Waals surface area contributed by atoms with Gasteiger partial charge in [-0.1, -0.05) is 11.6 Å². The van der Waals surface area contributed by atoms with Gasteiger partial charge in [-0.05, 0) is 40.1 Å². The zero-order chi connectivity index (χ0) is 10.9. The molecule has 0 fully saturated rings. The van der Waals surface area contributed by atoms with Crippen molar-refractivity contribution < 1.29 is 0 Å². The van der Waals surface area contributed by atoms with Crippen molar-refractivity contribution in [2.45, 2.75) is 25.4 Å². The minimum Gasteiger partial charge on any atom is -0.324 e. The molecular formula is C10H17ClN2S. The van der Waals surface area contributed by atoms with E-state index in [1.54, 1.807) is 11.3 Å². The van der Waals surface area contributed by atoms with Gasteiger partial charge in [-0.2, -0.15) is 0 Å². The van der Waals surface area contributed by atoms with Crippen LogP contribution in [0.15, 0.2) is 12.1 Å². The molecule has 0 saturated carbocycles. The van der Waals surface area contributed by atoms with Gasteiger partial charge in [0.15, 0.2) is 0 Å². The van der Waals surface area contributed by atoms with Crippen molar-refractivity contribution in [3.63, 3.8) is 0 Å². The molecule has 0 aromatic carbocycles. The third-order valence-electron chi connectivity index (χ3n) is 2.08. The van der Waals surface area contributed by atoms with Gasteiger partial charge in [0, 0.05) is 10.4 Å². The van der Waals surface area contributed by atoms with Gasteiger partial charge < -0.3 is 10.6 Å². The summed E-state index contributed by atoms with van der Waals surface area (Å²) in [5.74, 6) is 0. The lowest BCUT2D eigenvalue weighted by Gasteiger charge is -2.35. The quantitative estimate of drug-likeness (QED) is 0.869. The maximum Gasteiger partial charge on any atom is 0.0931 e. The van der Waals surface area contributed by atoms with E-state index in [1.165, 1.54) is 4.88 Å². The average Bonchev–Trinajstić information content (AvgIpc) is 2.31. The van der Waals surface area contributed by atoms with Crippen molar-refractivity contribution >= 4 is 22.9 Å². The maximum absolute atomic E-state index is 6.14. The van der Waals surface area contributed by atoms with Crippen molar-refractivity contribution in [2.75, 3.05) is 14.1 Å². The van der Waals surface area contributed by atoms with E-state index in [2.05, 4.69) is 4.90 Å². The molecular weight excluding hydrogens is 216 g/mol. The van der Waals surface area contributed by atoms with E-state index in [1.807, 2.05) is 40.1 Å². The lowest BCUT2D eigenvalue weighted by atomic mass is 9.94. The molecule has 80 valence electrons. The number of hydrogen-bond donors (Lipinski definition) is 1. The Morgan fingerprint density at radius 1 is 1.43 bits per heavy atom. The summed E-state index contributed by atoms with van der Waals surface area (Å²) in [5.41, 5.74) is 5.88. The smallest absolute Gasteiger partial charge is 0.0931 e. The summed E-state index contributed by atoms with van der Waals surface area (Å²) < 4.78 is 0.816. The second kappa shape index (κ2) is 4.19. The number of likely N-dealkylation sites (N-methyl/N-ethyl adjacent to an activating group) is 1. The monoisotopic (exact) mass is 232 g/mol. The van der Waals surface area contributed by atoms with Crippen molar-refractivity contribution in [2.24, 2.45) is 5.73 Å². The normalized spacial score (nSPS) is 14.8. The van der Waals surface area contributed by atoms with E-state index in [4.69, 9.17) is 17.3 Å². The van der Waals surface area contributed by atoms with Crippen LogP contribution in [0, 0.1) is 0 Å². The predicted octanol–water partition coefficient (Wildman–Crippen LogP) is 2.74. The highest BCUT2D eigenvalue weighted by atomic mass is 35.5. The van der Waals surface area contributed by atoms with E-state index in [9.17, 15) is 0 Å². The van der Waals surface area contributed by atoms with Crippen LogP contribution in [0.3, 0.4) is 0 Å². The molecule has 0 aliphatic rings. The van der Waals surface area contributed by atoms with Crippen molar-refractivity contribution in [1.82, 2.24) is 4.90 Å². The lowest BCUT2D eigenvalue weighted by Crippen LogP contribution is -2.45. The molecule has 0 spiro atoms. The molecule has 1 unspecified atom stereocenters. The van der Waals surface area contributed by atoms with Gasteiger partial charge in [0.25, 0.3) is 0 Å². The number of rotatable bonds is 3. The molecule has 1 heterocycles. The number of hydrogen-bond acceptors (Lipinski definition) is 3. The Labute approximate surface area is 94.7 Å². The lowest BCUT2D eigenvalue weighted by molar-refractivity contribution is 0.208.